The molecule has 0 bridgehead atoms. The highest BCUT2D eigenvalue weighted by Gasteiger charge is 2.30. The number of hydrogen-bond acceptors (Lipinski definition) is 4. The second-order valence-corrected chi connectivity index (χ2v) is 3.43. The summed E-state index contributed by atoms with van der Waals surface area (Å²) in [6.45, 7) is 0.741. The van der Waals surface area contributed by atoms with Crippen LogP contribution in [-0.2, 0) is 4.74 Å². The average Bonchev–Trinajstić information content (AvgIpc) is 2.88. The summed E-state index contributed by atoms with van der Waals surface area (Å²) in [6.07, 6.45) is 3.87. The van der Waals surface area contributed by atoms with E-state index in [0.29, 0.717) is 5.56 Å². The van der Waals surface area contributed by atoms with Gasteiger partial charge in [0.25, 0.3) is 0 Å². The van der Waals surface area contributed by atoms with E-state index in [9.17, 15) is 4.79 Å². The van der Waals surface area contributed by atoms with E-state index in [2.05, 4.69) is 5.32 Å². The Bertz CT molecular complexity index is 307. The SMILES string of the molecule is COC1CNC(C(=O)c2ccoc2)C1. The molecule has 0 saturated carbocycles. The van der Waals surface area contributed by atoms with E-state index in [1.165, 1.54) is 12.5 Å². The van der Waals surface area contributed by atoms with Gasteiger partial charge in [0.1, 0.15) is 6.26 Å². The van der Waals surface area contributed by atoms with E-state index in [-0.39, 0.29) is 17.9 Å². The third kappa shape index (κ3) is 1.71. The molecule has 2 atom stereocenters. The highest BCUT2D eigenvalue weighted by molar-refractivity contribution is 6.00. The van der Waals surface area contributed by atoms with Crippen molar-refractivity contribution in [2.75, 3.05) is 13.7 Å². The standard InChI is InChI=1S/C10H13NO3/c1-13-8-4-9(11-5-8)10(12)7-2-3-14-6-7/h2-3,6,8-9,11H,4-5H2,1H3. The van der Waals surface area contributed by atoms with E-state index in [1.54, 1.807) is 13.2 Å². The Balaban J connectivity index is 2.00. The normalized spacial score (nSPS) is 26.6. The van der Waals surface area contributed by atoms with Crippen molar-refractivity contribution in [1.82, 2.24) is 5.32 Å². The fourth-order valence-corrected chi connectivity index (χ4v) is 1.69. The van der Waals surface area contributed by atoms with E-state index in [0.717, 1.165) is 13.0 Å². The number of Topliss-reactive ketones (excluding diaryl/α,β-unsaturated/α-hetero) is 1. The number of carbonyl (C=O) groups excluding carboxylic acids is 1. The summed E-state index contributed by atoms with van der Waals surface area (Å²) in [7, 11) is 1.66. The Kier molecular flexibility index (Phi) is 2.65. The predicted octanol–water partition coefficient (Wildman–Crippen LogP) is 0.839. The maximum Gasteiger partial charge on any atom is 0.183 e. The minimum atomic E-state index is -0.127. The van der Waals surface area contributed by atoms with Crippen LogP contribution in [0.3, 0.4) is 0 Å². The Morgan fingerprint density at radius 2 is 2.57 bits per heavy atom. The van der Waals surface area contributed by atoms with Crippen molar-refractivity contribution < 1.29 is 13.9 Å². The second-order valence-electron chi connectivity index (χ2n) is 3.43. The van der Waals surface area contributed by atoms with Crippen molar-refractivity contribution in [3.8, 4) is 0 Å². The molecule has 1 N–H and O–H groups in total. The Morgan fingerprint density at radius 3 is 3.14 bits per heavy atom. The van der Waals surface area contributed by atoms with Crippen molar-refractivity contribution in [2.24, 2.45) is 0 Å². The summed E-state index contributed by atoms with van der Waals surface area (Å²) < 4.78 is 10.0. The van der Waals surface area contributed by atoms with Gasteiger partial charge in [-0.2, -0.15) is 0 Å². The molecule has 2 heterocycles. The van der Waals surface area contributed by atoms with Gasteiger partial charge in [0.05, 0.1) is 24.0 Å². The van der Waals surface area contributed by atoms with Crippen LogP contribution in [0.4, 0.5) is 0 Å². The number of nitrogens with one attached hydrogen (secondary N) is 1. The van der Waals surface area contributed by atoms with E-state index >= 15 is 0 Å². The maximum atomic E-state index is 11.8. The summed E-state index contributed by atoms with van der Waals surface area (Å²) >= 11 is 0. The van der Waals surface area contributed by atoms with E-state index in [1.807, 2.05) is 0 Å². The van der Waals surface area contributed by atoms with Crippen molar-refractivity contribution in [3.05, 3.63) is 24.2 Å². The number of ketones is 1. The fraction of sp³-hybridized carbons (Fsp3) is 0.500. The lowest BCUT2D eigenvalue weighted by molar-refractivity contribution is 0.0918. The summed E-state index contributed by atoms with van der Waals surface area (Å²) in [6, 6.07) is 1.56. The first-order chi connectivity index (χ1) is 6.81. The zero-order chi connectivity index (χ0) is 9.97. The smallest absolute Gasteiger partial charge is 0.183 e. The Labute approximate surface area is 82.2 Å². The third-order valence-electron chi connectivity index (χ3n) is 2.55. The van der Waals surface area contributed by atoms with Crippen LogP contribution in [0, 0.1) is 0 Å². The van der Waals surface area contributed by atoms with E-state index in [4.69, 9.17) is 9.15 Å². The number of rotatable bonds is 3. The zero-order valence-electron chi connectivity index (χ0n) is 8.03. The monoisotopic (exact) mass is 195 g/mol. The van der Waals surface area contributed by atoms with E-state index < -0.39 is 0 Å². The molecule has 1 saturated heterocycles. The number of ether oxygens (including phenoxy) is 1. The lowest BCUT2D eigenvalue weighted by atomic mass is 10.1. The molecule has 1 aromatic heterocycles. The molecular weight excluding hydrogens is 182 g/mol. The van der Waals surface area contributed by atoms with Crippen LogP contribution in [0.2, 0.25) is 0 Å². The van der Waals surface area contributed by atoms with Gasteiger partial charge in [-0.1, -0.05) is 0 Å². The van der Waals surface area contributed by atoms with Gasteiger partial charge >= 0.3 is 0 Å². The van der Waals surface area contributed by atoms with Gasteiger partial charge in [0, 0.05) is 13.7 Å². The van der Waals surface area contributed by atoms with Crippen molar-refractivity contribution >= 4 is 5.78 Å². The van der Waals surface area contributed by atoms with Crippen molar-refractivity contribution in [2.45, 2.75) is 18.6 Å². The first-order valence-electron chi connectivity index (χ1n) is 4.64. The predicted molar refractivity (Wildman–Crippen MR) is 50.2 cm³/mol. The van der Waals surface area contributed by atoms with Crippen LogP contribution < -0.4 is 5.32 Å². The lowest BCUT2D eigenvalue weighted by Gasteiger charge is -2.06. The maximum absolute atomic E-state index is 11.8. The van der Waals surface area contributed by atoms with Crippen LogP contribution in [0.25, 0.3) is 0 Å². The molecule has 0 radical (unpaired) electrons. The molecule has 4 nitrogen and oxygen atoms in total. The highest BCUT2D eigenvalue weighted by atomic mass is 16.5. The van der Waals surface area contributed by atoms with Crippen LogP contribution in [0.5, 0.6) is 0 Å². The molecule has 14 heavy (non-hydrogen) atoms. The Morgan fingerprint density at radius 1 is 1.71 bits per heavy atom. The first kappa shape index (κ1) is 9.43. The van der Waals surface area contributed by atoms with Gasteiger partial charge in [0.15, 0.2) is 5.78 Å². The average molecular weight is 195 g/mol. The molecule has 1 aliphatic rings. The number of hydrogen-bond donors (Lipinski definition) is 1. The van der Waals surface area contributed by atoms with Gasteiger partial charge in [-0.25, -0.2) is 0 Å². The van der Waals surface area contributed by atoms with Crippen LogP contribution in [-0.4, -0.2) is 31.6 Å². The molecule has 2 rings (SSSR count). The molecule has 0 aliphatic carbocycles. The number of carbonyl (C=O) groups is 1. The molecule has 0 amide bonds. The van der Waals surface area contributed by atoms with Gasteiger partial charge < -0.3 is 14.5 Å². The Hall–Kier alpha value is -1.13. The quantitative estimate of drug-likeness (QED) is 0.726. The minimum Gasteiger partial charge on any atom is -0.472 e. The number of furan rings is 1. The number of methoxy groups -OCH3 is 1. The van der Waals surface area contributed by atoms with Crippen molar-refractivity contribution in [1.29, 1.82) is 0 Å². The fourth-order valence-electron chi connectivity index (χ4n) is 1.69. The summed E-state index contributed by atoms with van der Waals surface area (Å²) in [5.74, 6) is 0.0818. The summed E-state index contributed by atoms with van der Waals surface area (Å²) in [5.41, 5.74) is 0.624. The summed E-state index contributed by atoms with van der Waals surface area (Å²) in [5, 5.41) is 3.13. The zero-order valence-corrected chi connectivity index (χ0v) is 8.03. The molecule has 0 aromatic carbocycles. The highest BCUT2D eigenvalue weighted by Crippen LogP contribution is 2.14. The first-order valence-corrected chi connectivity index (χ1v) is 4.64. The van der Waals surface area contributed by atoms with Crippen LogP contribution >= 0.6 is 0 Å². The van der Waals surface area contributed by atoms with Gasteiger partial charge in [0.2, 0.25) is 0 Å². The molecule has 76 valence electrons. The molecule has 2 unspecified atom stereocenters. The van der Waals surface area contributed by atoms with Crippen LogP contribution in [0.1, 0.15) is 16.8 Å². The molecule has 0 spiro atoms. The summed E-state index contributed by atoms with van der Waals surface area (Å²) in [4.78, 5) is 11.8. The molecule has 1 fully saturated rings. The lowest BCUT2D eigenvalue weighted by Crippen LogP contribution is -2.30. The van der Waals surface area contributed by atoms with Gasteiger partial charge in [-0.15, -0.1) is 0 Å². The molecule has 1 aromatic rings. The van der Waals surface area contributed by atoms with Gasteiger partial charge in [-0.05, 0) is 12.5 Å². The molecular formula is C10H13NO3. The third-order valence-corrected chi connectivity index (χ3v) is 2.55. The molecule has 4 heteroatoms. The minimum absolute atomic E-state index is 0.0818. The van der Waals surface area contributed by atoms with Crippen LogP contribution in [0.15, 0.2) is 23.0 Å². The largest absolute Gasteiger partial charge is 0.472 e. The van der Waals surface area contributed by atoms with Crippen molar-refractivity contribution in [3.63, 3.8) is 0 Å². The van der Waals surface area contributed by atoms with Gasteiger partial charge in [-0.3, -0.25) is 4.79 Å². The topological polar surface area (TPSA) is 51.5 Å². The second kappa shape index (κ2) is 3.94. The molecule has 1 aliphatic heterocycles.